The molecule has 0 saturated carbocycles. The molecule has 4 nitrogen and oxygen atoms in total. The van der Waals surface area contributed by atoms with Gasteiger partial charge in [-0.15, -0.1) is 0 Å². The number of nitrogens with zero attached hydrogens (tertiary/aromatic N) is 4. The lowest BCUT2D eigenvalue weighted by Crippen LogP contribution is -2.47. The molecule has 1 aliphatic rings. The fourth-order valence-corrected chi connectivity index (χ4v) is 2.76. The van der Waals surface area contributed by atoms with Crippen LogP contribution >= 0.6 is 0 Å². The minimum atomic E-state index is 0.651. The average Bonchev–Trinajstić information content (AvgIpc) is 2.63. The first kappa shape index (κ1) is 16.1. The van der Waals surface area contributed by atoms with Crippen molar-refractivity contribution in [2.24, 2.45) is 0 Å². The smallest absolute Gasteiger partial charge is 0.146 e. The van der Waals surface area contributed by atoms with Crippen molar-refractivity contribution in [3.63, 3.8) is 0 Å². The molecule has 1 saturated heterocycles. The number of nitriles is 1. The molecule has 2 aromatic rings. The number of hydrogen-bond acceptors (Lipinski definition) is 4. The molecule has 0 aliphatic carbocycles. The van der Waals surface area contributed by atoms with Gasteiger partial charge in [-0.3, -0.25) is 4.90 Å². The molecular weight excluding hydrogens is 296 g/mol. The van der Waals surface area contributed by atoms with Crippen LogP contribution in [-0.4, -0.2) is 42.6 Å². The van der Waals surface area contributed by atoms with Gasteiger partial charge in [0.1, 0.15) is 11.9 Å². The van der Waals surface area contributed by atoms with Gasteiger partial charge in [-0.25, -0.2) is 4.98 Å². The Hall–Kier alpha value is -2.82. The Labute approximate surface area is 143 Å². The first-order valence-corrected chi connectivity index (χ1v) is 8.15. The number of aromatic nitrogens is 1. The number of piperazine rings is 1. The summed E-state index contributed by atoms with van der Waals surface area (Å²) in [6, 6.07) is 16.0. The lowest BCUT2D eigenvalue weighted by Gasteiger charge is -2.34. The van der Waals surface area contributed by atoms with E-state index in [1.165, 1.54) is 0 Å². The second-order valence-corrected chi connectivity index (χ2v) is 5.87. The van der Waals surface area contributed by atoms with Crippen molar-refractivity contribution in [2.45, 2.75) is 6.92 Å². The predicted octanol–water partition coefficient (Wildman–Crippen LogP) is 2.44. The zero-order valence-corrected chi connectivity index (χ0v) is 13.9. The van der Waals surface area contributed by atoms with Crippen molar-refractivity contribution in [3.8, 4) is 17.9 Å². The van der Waals surface area contributed by atoms with Gasteiger partial charge < -0.3 is 4.90 Å². The molecule has 1 aromatic heterocycles. The van der Waals surface area contributed by atoms with Crippen LogP contribution in [0, 0.1) is 30.1 Å². The van der Waals surface area contributed by atoms with Crippen molar-refractivity contribution in [2.75, 3.05) is 37.6 Å². The standard InChI is InChI=1S/C20H20N4/c1-17-9-10-19(16-21)20(22-17)24-14-12-23(13-15-24)11-5-8-18-6-3-2-4-7-18/h2-4,6-7,9-10H,11-15H2,1H3. The zero-order valence-electron chi connectivity index (χ0n) is 13.9. The molecule has 1 fully saturated rings. The SMILES string of the molecule is Cc1ccc(C#N)c(N2CCN(CC#Cc3ccccc3)CC2)n1. The first-order valence-electron chi connectivity index (χ1n) is 8.15. The molecular formula is C20H20N4. The van der Waals surface area contributed by atoms with Crippen LogP contribution < -0.4 is 4.90 Å². The van der Waals surface area contributed by atoms with E-state index in [1.54, 1.807) is 0 Å². The third kappa shape index (κ3) is 3.93. The van der Waals surface area contributed by atoms with Crippen LogP contribution in [0.1, 0.15) is 16.8 Å². The Balaban J connectivity index is 1.58. The van der Waals surface area contributed by atoms with Gasteiger partial charge in [-0.1, -0.05) is 30.0 Å². The van der Waals surface area contributed by atoms with Crippen molar-refractivity contribution in [1.29, 1.82) is 5.26 Å². The number of pyridine rings is 1. The Bertz CT molecular complexity index is 788. The highest BCUT2D eigenvalue weighted by Gasteiger charge is 2.19. The quantitative estimate of drug-likeness (QED) is 0.798. The maximum absolute atomic E-state index is 9.27. The van der Waals surface area contributed by atoms with Crippen LogP contribution in [0.25, 0.3) is 0 Å². The van der Waals surface area contributed by atoms with Gasteiger partial charge >= 0.3 is 0 Å². The maximum atomic E-state index is 9.27. The maximum Gasteiger partial charge on any atom is 0.146 e. The Kier molecular flexibility index (Phi) is 5.11. The van der Waals surface area contributed by atoms with Gasteiger partial charge in [-0.05, 0) is 31.2 Å². The molecule has 1 aliphatic heterocycles. The largest absolute Gasteiger partial charge is 0.353 e. The zero-order chi connectivity index (χ0) is 16.8. The highest BCUT2D eigenvalue weighted by molar-refractivity contribution is 5.54. The van der Waals surface area contributed by atoms with Gasteiger partial charge in [0.15, 0.2) is 0 Å². The summed E-state index contributed by atoms with van der Waals surface area (Å²) in [5.41, 5.74) is 2.65. The number of rotatable bonds is 2. The third-order valence-electron chi connectivity index (χ3n) is 4.12. The van der Waals surface area contributed by atoms with Crippen molar-refractivity contribution in [1.82, 2.24) is 9.88 Å². The third-order valence-corrected chi connectivity index (χ3v) is 4.12. The second-order valence-electron chi connectivity index (χ2n) is 5.87. The molecule has 0 unspecified atom stereocenters. The topological polar surface area (TPSA) is 43.2 Å². The fourth-order valence-electron chi connectivity index (χ4n) is 2.76. The summed E-state index contributed by atoms with van der Waals surface area (Å²) in [5.74, 6) is 7.26. The van der Waals surface area contributed by atoms with Gasteiger partial charge in [0, 0.05) is 37.4 Å². The highest BCUT2D eigenvalue weighted by Crippen LogP contribution is 2.19. The molecule has 0 amide bonds. The number of anilines is 1. The highest BCUT2D eigenvalue weighted by atomic mass is 15.3. The van der Waals surface area contributed by atoms with Gasteiger partial charge in [-0.2, -0.15) is 5.26 Å². The summed E-state index contributed by atoms with van der Waals surface area (Å²) in [5, 5.41) is 9.27. The summed E-state index contributed by atoms with van der Waals surface area (Å²) >= 11 is 0. The van der Waals surface area contributed by atoms with Gasteiger partial charge in [0.05, 0.1) is 12.1 Å². The van der Waals surface area contributed by atoms with E-state index >= 15 is 0 Å². The molecule has 0 N–H and O–H groups in total. The van der Waals surface area contributed by atoms with E-state index < -0.39 is 0 Å². The minimum absolute atomic E-state index is 0.651. The monoisotopic (exact) mass is 316 g/mol. The Morgan fingerprint density at radius 1 is 1.04 bits per heavy atom. The summed E-state index contributed by atoms with van der Waals surface area (Å²) in [7, 11) is 0. The van der Waals surface area contributed by atoms with Crippen LogP contribution in [0.2, 0.25) is 0 Å². The number of aryl methyl sites for hydroxylation is 1. The van der Waals surface area contributed by atoms with E-state index in [0.717, 1.165) is 49.8 Å². The van der Waals surface area contributed by atoms with Crippen molar-refractivity contribution in [3.05, 3.63) is 59.3 Å². The Morgan fingerprint density at radius 3 is 2.50 bits per heavy atom. The lowest BCUT2D eigenvalue weighted by molar-refractivity contribution is 0.287. The molecule has 0 radical (unpaired) electrons. The molecule has 4 heteroatoms. The van der Waals surface area contributed by atoms with Crippen LogP contribution in [0.5, 0.6) is 0 Å². The summed E-state index contributed by atoms with van der Waals surface area (Å²) in [6.07, 6.45) is 0. The molecule has 1 aromatic carbocycles. The lowest BCUT2D eigenvalue weighted by atomic mass is 10.2. The van der Waals surface area contributed by atoms with Crippen LogP contribution in [0.4, 0.5) is 5.82 Å². The van der Waals surface area contributed by atoms with Crippen molar-refractivity contribution >= 4 is 5.82 Å². The van der Waals surface area contributed by atoms with E-state index in [-0.39, 0.29) is 0 Å². The Morgan fingerprint density at radius 2 is 1.79 bits per heavy atom. The molecule has 2 heterocycles. The summed E-state index contributed by atoms with van der Waals surface area (Å²) in [6.45, 7) is 6.35. The van der Waals surface area contributed by atoms with E-state index in [4.69, 9.17) is 0 Å². The second kappa shape index (κ2) is 7.64. The summed E-state index contributed by atoms with van der Waals surface area (Å²) in [4.78, 5) is 9.09. The fraction of sp³-hybridized carbons (Fsp3) is 0.300. The van der Waals surface area contributed by atoms with E-state index in [0.29, 0.717) is 5.56 Å². The van der Waals surface area contributed by atoms with Crippen LogP contribution in [0.3, 0.4) is 0 Å². The van der Waals surface area contributed by atoms with E-state index in [2.05, 4.69) is 32.7 Å². The molecule has 0 spiro atoms. The van der Waals surface area contributed by atoms with E-state index in [1.807, 2.05) is 49.4 Å². The van der Waals surface area contributed by atoms with E-state index in [9.17, 15) is 5.26 Å². The molecule has 0 atom stereocenters. The van der Waals surface area contributed by atoms with Crippen LogP contribution in [-0.2, 0) is 0 Å². The minimum Gasteiger partial charge on any atom is -0.353 e. The first-order chi connectivity index (χ1) is 11.8. The molecule has 24 heavy (non-hydrogen) atoms. The van der Waals surface area contributed by atoms with Gasteiger partial charge in [0.2, 0.25) is 0 Å². The van der Waals surface area contributed by atoms with Crippen LogP contribution in [0.15, 0.2) is 42.5 Å². The summed E-state index contributed by atoms with van der Waals surface area (Å²) < 4.78 is 0. The molecule has 3 rings (SSSR count). The normalized spacial score (nSPS) is 14.6. The van der Waals surface area contributed by atoms with Crippen molar-refractivity contribution < 1.29 is 0 Å². The average molecular weight is 316 g/mol. The number of benzene rings is 1. The predicted molar refractivity (Wildman–Crippen MR) is 95.7 cm³/mol. The molecule has 0 bridgehead atoms. The number of hydrogen-bond donors (Lipinski definition) is 0. The van der Waals surface area contributed by atoms with Gasteiger partial charge in [0.25, 0.3) is 0 Å². The molecule has 120 valence electrons.